The average Bonchev–Trinajstić information content (AvgIpc) is 3.10. The van der Waals surface area contributed by atoms with Gasteiger partial charge in [-0.15, -0.1) is 0 Å². The highest BCUT2D eigenvalue weighted by Crippen LogP contribution is 2.20. The zero-order chi connectivity index (χ0) is 13.9. The van der Waals surface area contributed by atoms with Crippen LogP contribution in [0.2, 0.25) is 0 Å². The standard InChI is InChI=1S/C16H22N4/c1-13(2)19-8-6-15(11-19)18-14-4-3-5-16(10-14)20-9-7-17-12-20/h3-5,7,9-10,12-13,15,18H,6,8,11H2,1-2H3. The third-order valence-corrected chi connectivity index (χ3v) is 3.97. The molecule has 1 unspecified atom stereocenters. The zero-order valence-corrected chi connectivity index (χ0v) is 12.2. The molecule has 0 amide bonds. The molecule has 2 aromatic rings. The predicted octanol–water partition coefficient (Wildman–Crippen LogP) is 2.77. The molecule has 1 N–H and O–H groups in total. The molecule has 1 aliphatic rings. The molecule has 20 heavy (non-hydrogen) atoms. The normalized spacial score (nSPS) is 19.6. The molecule has 1 saturated heterocycles. The van der Waals surface area contributed by atoms with Gasteiger partial charge in [0.1, 0.15) is 0 Å². The van der Waals surface area contributed by atoms with Crippen LogP contribution >= 0.6 is 0 Å². The van der Waals surface area contributed by atoms with Gasteiger partial charge in [0.05, 0.1) is 6.33 Å². The summed E-state index contributed by atoms with van der Waals surface area (Å²) in [6.45, 7) is 6.85. The molecule has 1 aromatic heterocycles. The molecule has 3 rings (SSSR count). The Bertz CT molecular complexity index is 547. The van der Waals surface area contributed by atoms with E-state index in [1.165, 1.54) is 18.7 Å². The summed E-state index contributed by atoms with van der Waals surface area (Å²) < 4.78 is 2.03. The van der Waals surface area contributed by atoms with Crippen molar-refractivity contribution in [1.29, 1.82) is 0 Å². The quantitative estimate of drug-likeness (QED) is 0.927. The number of nitrogens with zero attached hydrogens (tertiary/aromatic N) is 3. The van der Waals surface area contributed by atoms with Crippen LogP contribution in [0.5, 0.6) is 0 Å². The Kier molecular flexibility index (Phi) is 3.74. The van der Waals surface area contributed by atoms with E-state index in [-0.39, 0.29) is 0 Å². The summed E-state index contributed by atoms with van der Waals surface area (Å²) in [6, 6.07) is 9.70. The first kappa shape index (κ1) is 13.2. The van der Waals surface area contributed by atoms with Crippen LogP contribution in [0.15, 0.2) is 43.0 Å². The number of anilines is 1. The maximum absolute atomic E-state index is 4.10. The Balaban J connectivity index is 1.68. The van der Waals surface area contributed by atoms with Gasteiger partial charge in [0.25, 0.3) is 0 Å². The molecular formula is C16H22N4. The molecule has 4 heteroatoms. The van der Waals surface area contributed by atoms with Gasteiger partial charge in [0, 0.05) is 48.9 Å². The van der Waals surface area contributed by atoms with Crippen LogP contribution in [0, 0.1) is 0 Å². The Hall–Kier alpha value is -1.81. The van der Waals surface area contributed by atoms with Crippen molar-refractivity contribution in [3.63, 3.8) is 0 Å². The second-order valence-corrected chi connectivity index (χ2v) is 5.74. The highest BCUT2D eigenvalue weighted by atomic mass is 15.2. The molecule has 1 aromatic carbocycles. The maximum atomic E-state index is 4.10. The van der Waals surface area contributed by atoms with Crippen molar-refractivity contribution in [3.8, 4) is 5.69 Å². The minimum atomic E-state index is 0.551. The SMILES string of the molecule is CC(C)N1CCC(Nc2cccc(-n3ccnc3)c2)C1. The topological polar surface area (TPSA) is 33.1 Å². The van der Waals surface area contributed by atoms with Gasteiger partial charge >= 0.3 is 0 Å². The maximum Gasteiger partial charge on any atom is 0.0991 e. The average molecular weight is 270 g/mol. The van der Waals surface area contributed by atoms with Gasteiger partial charge in [-0.25, -0.2) is 4.98 Å². The number of benzene rings is 1. The number of likely N-dealkylation sites (tertiary alicyclic amines) is 1. The lowest BCUT2D eigenvalue weighted by molar-refractivity contribution is 0.274. The van der Waals surface area contributed by atoms with Crippen molar-refractivity contribution in [3.05, 3.63) is 43.0 Å². The van der Waals surface area contributed by atoms with E-state index in [0.29, 0.717) is 12.1 Å². The van der Waals surface area contributed by atoms with Gasteiger partial charge in [-0.1, -0.05) is 6.07 Å². The molecule has 0 spiro atoms. The molecular weight excluding hydrogens is 248 g/mol. The molecule has 0 aliphatic carbocycles. The fourth-order valence-electron chi connectivity index (χ4n) is 2.78. The number of hydrogen-bond donors (Lipinski definition) is 1. The highest BCUT2D eigenvalue weighted by molar-refractivity contribution is 5.51. The van der Waals surface area contributed by atoms with Crippen LogP contribution in [0.3, 0.4) is 0 Å². The first-order chi connectivity index (χ1) is 9.72. The minimum absolute atomic E-state index is 0.551. The van der Waals surface area contributed by atoms with Gasteiger partial charge in [0.15, 0.2) is 0 Å². The molecule has 0 radical (unpaired) electrons. The Labute approximate surface area is 120 Å². The van der Waals surface area contributed by atoms with E-state index in [1.807, 2.05) is 17.1 Å². The highest BCUT2D eigenvalue weighted by Gasteiger charge is 2.23. The molecule has 106 valence electrons. The number of imidazole rings is 1. The molecule has 0 saturated carbocycles. The largest absolute Gasteiger partial charge is 0.381 e. The third kappa shape index (κ3) is 2.85. The number of hydrogen-bond acceptors (Lipinski definition) is 3. The summed E-state index contributed by atoms with van der Waals surface area (Å²) in [7, 11) is 0. The van der Waals surface area contributed by atoms with Gasteiger partial charge in [-0.3, -0.25) is 4.90 Å². The summed E-state index contributed by atoms with van der Waals surface area (Å²) >= 11 is 0. The van der Waals surface area contributed by atoms with Crippen molar-refractivity contribution in [2.24, 2.45) is 0 Å². The smallest absolute Gasteiger partial charge is 0.0991 e. The van der Waals surface area contributed by atoms with E-state index in [1.54, 1.807) is 6.20 Å². The van der Waals surface area contributed by atoms with Gasteiger partial charge < -0.3 is 9.88 Å². The van der Waals surface area contributed by atoms with Crippen molar-refractivity contribution in [2.45, 2.75) is 32.4 Å². The predicted molar refractivity (Wildman–Crippen MR) is 82.3 cm³/mol. The molecule has 1 fully saturated rings. The first-order valence-electron chi connectivity index (χ1n) is 7.31. The van der Waals surface area contributed by atoms with E-state index >= 15 is 0 Å². The second-order valence-electron chi connectivity index (χ2n) is 5.74. The summed E-state index contributed by atoms with van der Waals surface area (Å²) in [5, 5.41) is 3.65. The van der Waals surface area contributed by atoms with Crippen molar-refractivity contribution < 1.29 is 0 Å². The summed E-state index contributed by atoms with van der Waals surface area (Å²) in [5.41, 5.74) is 2.33. The van der Waals surface area contributed by atoms with Gasteiger partial charge in [-0.05, 0) is 38.5 Å². The number of aromatic nitrogens is 2. The van der Waals surface area contributed by atoms with Crippen LogP contribution in [0.1, 0.15) is 20.3 Å². The molecule has 1 atom stereocenters. The Morgan fingerprint density at radius 3 is 2.95 bits per heavy atom. The lowest BCUT2D eigenvalue weighted by Crippen LogP contribution is -2.31. The van der Waals surface area contributed by atoms with Gasteiger partial charge in [0.2, 0.25) is 0 Å². The van der Waals surface area contributed by atoms with Crippen molar-refractivity contribution in [2.75, 3.05) is 18.4 Å². The van der Waals surface area contributed by atoms with Crippen LogP contribution in [-0.2, 0) is 0 Å². The fraction of sp³-hybridized carbons (Fsp3) is 0.438. The summed E-state index contributed by atoms with van der Waals surface area (Å²) in [4.78, 5) is 6.62. The molecule has 1 aliphatic heterocycles. The van der Waals surface area contributed by atoms with Crippen LogP contribution in [0.25, 0.3) is 5.69 Å². The van der Waals surface area contributed by atoms with E-state index in [4.69, 9.17) is 0 Å². The third-order valence-electron chi connectivity index (χ3n) is 3.97. The lowest BCUT2D eigenvalue weighted by atomic mass is 10.2. The Morgan fingerprint density at radius 2 is 2.25 bits per heavy atom. The molecule has 2 heterocycles. The lowest BCUT2D eigenvalue weighted by Gasteiger charge is -2.21. The summed E-state index contributed by atoms with van der Waals surface area (Å²) in [6.07, 6.45) is 6.81. The Morgan fingerprint density at radius 1 is 1.35 bits per heavy atom. The van der Waals surface area contributed by atoms with Gasteiger partial charge in [-0.2, -0.15) is 0 Å². The monoisotopic (exact) mass is 270 g/mol. The second kappa shape index (κ2) is 5.67. The first-order valence-corrected chi connectivity index (χ1v) is 7.31. The van der Waals surface area contributed by atoms with Crippen LogP contribution in [-0.4, -0.2) is 39.6 Å². The summed E-state index contributed by atoms with van der Waals surface area (Å²) in [5.74, 6) is 0. The number of nitrogens with one attached hydrogen (secondary N) is 1. The van der Waals surface area contributed by atoms with Crippen molar-refractivity contribution in [1.82, 2.24) is 14.5 Å². The molecule has 4 nitrogen and oxygen atoms in total. The van der Waals surface area contributed by atoms with E-state index in [9.17, 15) is 0 Å². The van der Waals surface area contributed by atoms with E-state index in [2.05, 4.69) is 53.3 Å². The minimum Gasteiger partial charge on any atom is -0.381 e. The van der Waals surface area contributed by atoms with E-state index in [0.717, 1.165) is 12.2 Å². The number of rotatable bonds is 4. The van der Waals surface area contributed by atoms with Crippen LogP contribution < -0.4 is 5.32 Å². The van der Waals surface area contributed by atoms with Crippen molar-refractivity contribution >= 4 is 5.69 Å². The molecule has 0 bridgehead atoms. The fourth-order valence-corrected chi connectivity index (χ4v) is 2.78. The van der Waals surface area contributed by atoms with Crippen LogP contribution in [0.4, 0.5) is 5.69 Å². The zero-order valence-electron chi connectivity index (χ0n) is 12.2. The van der Waals surface area contributed by atoms with E-state index < -0.39 is 0 Å².